The fourth-order valence-corrected chi connectivity index (χ4v) is 2.74. The van der Waals surface area contributed by atoms with Crippen LogP contribution in [0.4, 0.5) is 5.69 Å². The first-order valence-corrected chi connectivity index (χ1v) is 9.01. The Morgan fingerprint density at radius 2 is 1.89 bits per heavy atom. The molecule has 3 aromatic rings. The van der Waals surface area contributed by atoms with Crippen LogP contribution in [0.3, 0.4) is 0 Å². The number of amides is 1. The van der Waals surface area contributed by atoms with Crippen molar-refractivity contribution in [3.8, 4) is 11.3 Å². The summed E-state index contributed by atoms with van der Waals surface area (Å²) in [6, 6.07) is 18.7. The molecule has 0 bridgehead atoms. The minimum absolute atomic E-state index is 0.227. The molecule has 0 unspecified atom stereocenters. The molecule has 1 aromatic heterocycles. The van der Waals surface area contributed by atoms with Crippen LogP contribution in [0, 0.1) is 6.92 Å². The molecule has 0 aliphatic rings. The molecule has 0 atom stereocenters. The molecular formula is C21H17ClN2O2S. The molecule has 0 spiro atoms. The molecule has 6 heteroatoms. The molecule has 1 heterocycles. The lowest BCUT2D eigenvalue weighted by Gasteiger charge is -2.07. The van der Waals surface area contributed by atoms with Crippen LogP contribution in [0.5, 0.6) is 0 Å². The van der Waals surface area contributed by atoms with Crippen LogP contribution < -0.4 is 10.6 Å². The average molecular weight is 397 g/mol. The first-order valence-electron chi connectivity index (χ1n) is 8.23. The minimum atomic E-state index is -0.347. The van der Waals surface area contributed by atoms with Crippen molar-refractivity contribution in [2.24, 2.45) is 0 Å². The van der Waals surface area contributed by atoms with E-state index in [1.54, 1.807) is 12.1 Å². The molecule has 0 aliphatic heterocycles. The lowest BCUT2D eigenvalue weighted by Crippen LogP contribution is -2.32. The highest BCUT2D eigenvalue weighted by atomic mass is 35.5. The summed E-state index contributed by atoms with van der Waals surface area (Å²) >= 11 is 11.3. The maximum atomic E-state index is 12.0. The van der Waals surface area contributed by atoms with Gasteiger partial charge in [0.2, 0.25) is 5.91 Å². The van der Waals surface area contributed by atoms with E-state index in [9.17, 15) is 4.79 Å². The van der Waals surface area contributed by atoms with Crippen molar-refractivity contribution >= 4 is 46.6 Å². The zero-order valence-corrected chi connectivity index (χ0v) is 16.1. The zero-order chi connectivity index (χ0) is 19.2. The number of halogens is 1. The molecule has 3 rings (SSSR count). The van der Waals surface area contributed by atoms with E-state index >= 15 is 0 Å². The van der Waals surface area contributed by atoms with Crippen LogP contribution in [0.25, 0.3) is 17.4 Å². The van der Waals surface area contributed by atoms with Gasteiger partial charge in [0.05, 0.1) is 0 Å². The summed E-state index contributed by atoms with van der Waals surface area (Å²) in [5.41, 5.74) is 2.69. The Labute approximate surface area is 167 Å². The van der Waals surface area contributed by atoms with Gasteiger partial charge in [-0.1, -0.05) is 41.9 Å². The van der Waals surface area contributed by atoms with Crippen molar-refractivity contribution in [3.63, 3.8) is 0 Å². The number of anilines is 1. The second-order valence-corrected chi connectivity index (χ2v) is 6.62. The van der Waals surface area contributed by atoms with Gasteiger partial charge in [0, 0.05) is 22.3 Å². The van der Waals surface area contributed by atoms with Crippen molar-refractivity contribution in [2.75, 3.05) is 5.32 Å². The number of thiocarbonyl (C=S) groups is 1. The van der Waals surface area contributed by atoms with E-state index in [2.05, 4.69) is 10.6 Å². The number of hydrogen-bond acceptors (Lipinski definition) is 3. The van der Waals surface area contributed by atoms with Gasteiger partial charge in [0.1, 0.15) is 11.5 Å². The Balaban J connectivity index is 1.59. The van der Waals surface area contributed by atoms with Gasteiger partial charge >= 0.3 is 0 Å². The molecule has 0 radical (unpaired) electrons. The second kappa shape index (κ2) is 8.66. The third kappa shape index (κ3) is 5.29. The summed E-state index contributed by atoms with van der Waals surface area (Å²) in [4.78, 5) is 12.0. The van der Waals surface area contributed by atoms with E-state index in [4.69, 9.17) is 28.2 Å². The molecule has 2 N–H and O–H groups in total. The van der Waals surface area contributed by atoms with Gasteiger partial charge in [-0.25, -0.2) is 0 Å². The van der Waals surface area contributed by atoms with Gasteiger partial charge in [-0.05, 0) is 61.1 Å². The van der Waals surface area contributed by atoms with Gasteiger partial charge < -0.3 is 9.73 Å². The topological polar surface area (TPSA) is 54.3 Å². The summed E-state index contributed by atoms with van der Waals surface area (Å²) in [6.45, 7) is 1.94. The van der Waals surface area contributed by atoms with E-state index in [0.29, 0.717) is 16.5 Å². The zero-order valence-electron chi connectivity index (χ0n) is 14.5. The normalized spacial score (nSPS) is 10.7. The van der Waals surface area contributed by atoms with E-state index < -0.39 is 0 Å². The molecule has 0 fully saturated rings. The van der Waals surface area contributed by atoms with E-state index in [-0.39, 0.29) is 11.0 Å². The summed E-state index contributed by atoms with van der Waals surface area (Å²) < 4.78 is 5.74. The first-order chi connectivity index (χ1) is 13.0. The van der Waals surface area contributed by atoms with Crippen LogP contribution in [-0.4, -0.2) is 11.0 Å². The lowest BCUT2D eigenvalue weighted by atomic mass is 10.1. The number of hydrogen-bond donors (Lipinski definition) is 2. The number of aryl methyl sites for hydroxylation is 1. The predicted molar refractivity (Wildman–Crippen MR) is 114 cm³/mol. The van der Waals surface area contributed by atoms with E-state index in [0.717, 1.165) is 16.8 Å². The van der Waals surface area contributed by atoms with Crippen molar-refractivity contribution in [1.82, 2.24) is 5.32 Å². The van der Waals surface area contributed by atoms with Crippen molar-refractivity contribution in [3.05, 3.63) is 83.1 Å². The average Bonchev–Trinajstić information content (AvgIpc) is 3.12. The van der Waals surface area contributed by atoms with Crippen molar-refractivity contribution < 1.29 is 9.21 Å². The lowest BCUT2D eigenvalue weighted by molar-refractivity contribution is -0.115. The SMILES string of the molecule is Cc1ccc(-c2ccc(/C=C/C(=O)NC(=S)Nc3ccccc3)o2)cc1Cl. The Hall–Kier alpha value is -2.89. The van der Waals surface area contributed by atoms with Gasteiger partial charge in [-0.3, -0.25) is 10.1 Å². The number of carbonyl (C=O) groups excluding carboxylic acids is 1. The molecular weight excluding hydrogens is 380 g/mol. The quantitative estimate of drug-likeness (QED) is 0.455. The summed E-state index contributed by atoms with van der Waals surface area (Å²) in [5.74, 6) is 0.886. The van der Waals surface area contributed by atoms with Gasteiger partial charge in [0.15, 0.2) is 5.11 Å². The predicted octanol–water partition coefficient (Wildman–Crippen LogP) is 5.43. The molecule has 4 nitrogen and oxygen atoms in total. The highest BCUT2D eigenvalue weighted by Gasteiger charge is 2.06. The molecule has 2 aromatic carbocycles. The van der Waals surface area contributed by atoms with Crippen molar-refractivity contribution in [1.29, 1.82) is 0 Å². The maximum absolute atomic E-state index is 12.0. The summed E-state index contributed by atoms with van der Waals surface area (Å²) in [5, 5.41) is 6.43. The molecule has 136 valence electrons. The molecule has 27 heavy (non-hydrogen) atoms. The monoisotopic (exact) mass is 396 g/mol. The fourth-order valence-electron chi connectivity index (χ4n) is 2.34. The largest absolute Gasteiger partial charge is 0.457 e. The Bertz CT molecular complexity index is 996. The number of nitrogens with one attached hydrogen (secondary N) is 2. The molecule has 0 aliphatic carbocycles. The van der Waals surface area contributed by atoms with Crippen LogP contribution >= 0.6 is 23.8 Å². The van der Waals surface area contributed by atoms with Crippen molar-refractivity contribution in [2.45, 2.75) is 6.92 Å². The molecule has 0 saturated carbocycles. The highest BCUT2D eigenvalue weighted by molar-refractivity contribution is 7.80. The van der Waals surface area contributed by atoms with Crippen LogP contribution in [0.15, 0.2) is 71.2 Å². The van der Waals surface area contributed by atoms with Gasteiger partial charge in [-0.2, -0.15) is 0 Å². The maximum Gasteiger partial charge on any atom is 0.250 e. The smallest absolute Gasteiger partial charge is 0.250 e. The van der Waals surface area contributed by atoms with E-state index in [1.165, 1.54) is 6.08 Å². The van der Waals surface area contributed by atoms with Crippen LogP contribution in [-0.2, 0) is 4.79 Å². The Morgan fingerprint density at radius 1 is 1.11 bits per heavy atom. The van der Waals surface area contributed by atoms with Crippen LogP contribution in [0.2, 0.25) is 5.02 Å². The molecule has 1 amide bonds. The number of carbonyl (C=O) groups is 1. The van der Waals surface area contributed by atoms with Gasteiger partial charge in [0.25, 0.3) is 0 Å². The second-order valence-electron chi connectivity index (χ2n) is 5.81. The number of benzene rings is 2. The number of furan rings is 1. The third-order valence-electron chi connectivity index (χ3n) is 3.75. The summed E-state index contributed by atoms with van der Waals surface area (Å²) in [7, 11) is 0. The standard InChI is InChI=1S/C21H17ClN2O2S/c1-14-7-8-15(13-18(14)22)19-11-9-17(26-19)10-12-20(25)24-21(27)23-16-5-3-2-4-6-16/h2-13H,1H3,(H2,23,24,25,27)/b12-10+. The molecule has 0 saturated heterocycles. The summed E-state index contributed by atoms with van der Waals surface area (Å²) in [6.07, 6.45) is 2.95. The fraction of sp³-hybridized carbons (Fsp3) is 0.0476. The van der Waals surface area contributed by atoms with E-state index in [1.807, 2.05) is 61.5 Å². The Kier molecular flexibility index (Phi) is 6.06. The third-order valence-corrected chi connectivity index (χ3v) is 4.36. The van der Waals surface area contributed by atoms with Crippen LogP contribution in [0.1, 0.15) is 11.3 Å². The first kappa shape index (κ1) is 18.9. The highest BCUT2D eigenvalue weighted by Crippen LogP contribution is 2.27. The number of para-hydroxylation sites is 1. The Morgan fingerprint density at radius 3 is 2.63 bits per heavy atom. The van der Waals surface area contributed by atoms with Gasteiger partial charge in [-0.15, -0.1) is 0 Å². The minimum Gasteiger partial charge on any atom is -0.457 e. The number of rotatable bonds is 4.